The highest BCUT2D eigenvalue weighted by atomic mass is 16.5. The highest BCUT2D eigenvalue weighted by molar-refractivity contribution is 5.77. The van der Waals surface area contributed by atoms with Crippen molar-refractivity contribution in [3.63, 3.8) is 0 Å². The minimum absolute atomic E-state index is 0.0304. The van der Waals surface area contributed by atoms with Gasteiger partial charge in [0.15, 0.2) is 0 Å². The van der Waals surface area contributed by atoms with Crippen LogP contribution in [0.2, 0.25) is 0 Å². The molecule has 1 rings (SSSR count). The summed E-state index contributed by atoms with van der Waals surface area (Å²) >= 11 is 0. The van der Waals surface area contributed by atoms with Crippen LogP contribution >= 0.6 is 0 Å². The van der Waals surface area contributed by atoms with Crippen molar-refractivity contribution in [3.05, 3.63) is 0 Å². The van der Waals surface area contributed by atoms with Crippen molar-refractivity contribution in [1.82, 2.24) is 0 Å². The summed E-state index contributed by atoms with van der Waals surface area (Å²) in [6.07, 6.45) is 7.75. The zero-order chi connectivity index (χ0) is 14.1. The standard InChI is InChI=1S/C16H30O3/c1-4-12-19-15(17)16(5-2,13-18-6-3)14-10-8-7-9-11-14/h14H,4-13H2,1-3H3. The minimum atomic E-state index is -0.411. The average molecular weight is 270 g/mol. The van der Waals surface area contributed by atoms with E-state index < -0.39 is 5.41 Å². The molecule has 1 atom stereocenters. The number of ether oxygens (including phenoxy) is 2. The normalized spacial score (nSPS) is 19.9. The predicted molar refractivity (Wildman–Crippen MR) is 77.0 cm³/mol. The first-order chi connectivity index (χ1) is 9.21. The van der Waals surface area contributed by atoms with E-state index in [1.807, 2.05) is 13.8 Å². The Hall–Kier alpha value is -0.570. The van der Waals surface area contributed by atoms with E-state index in [-0.39, 0.29) is 5.97 Å². The zero-order valence-electron chi connectivity index (χ0n) is 12.9. The van der Waals surface area contributed by atoms with Crippen molar-refractivity contribution in [3.8, 4) is 0 Å². The number of carbonyl (C=O) groups is 1. The van der Waals surface area contributed by atoms with E-state index in [1.165, 1.54) is 19.3 Å². The predicted octanol–water partition coefficient (Wildman–Crippen LogP) is 3.95. The Balaban J connectivity index is 2.81. The van der Waals surface area contributed by atoms with E-state index in [0.717, 1.165) is 25.7 Å². The second-order valence-electron chi connectivity index (χ2n) is 5.62. The van der Waals surface area contributed by atoms with Crippen molar-refractivity contribution in [2.45, 2.75) is 65.7 Å². The third kappa shape index (κ3) is 4.20. The first-order valence-corrected chi connectivity index (χ1v) is 7.96. The van der Waals surface area contributed by atoms with E-state index in [1.54, 1.807) is 0 Å². The number of rotatable bonds is 8. The molecule has 0 bridgehead atoms. The van der Waals surface area contributed by atoms with Gasteiger partial charge in [0.25, 0.3) is 0 Å². The Morgan fingerprint density at radius 2 is 1.84 bits per heavy atom. The number of hydrogen-bond acceptors (Lipinski definition) is 3. The highest BCUT2D eigenvalue weighted by Gasteiger charge is 2.45. The zero-order valence-corrected chi connectivity index (χ0v) is 12.9. The van der Waals surface area contributed by atoms with Gasteiger partial charge in [-0.25, -0.2) is 0 Å². The Bertz CT molecular complexity index is 259. The number of esters is 1. The fourth-order valence-corrected chi connectivity index (χ4v) is 3.16. The molecule has 0 aromatic rings. The van der Waals surface area contributed by atoms with Crippen molar-refractivity contribution in [1.29, 1.82) is 0 Å². The van der Waals surface area contributed by atoms with Gasteiger partial charge in [-0.2, -0.15) is 0 Å². The summed E-state index contributed by atoms with van der Waals surface area (Å²) in [5, 5.41) is 0. The summed E-state index contributed by atoms with van der Waals surface area (Å²) in [6, 6.07) is 0. The first-order valence-electron chi connectivity index (χ1n) is 7.96. The van der Waals surface area contributed by atoms with Crippen LogP contribution in [0.1, 0.15) is 65.7 Å². The average Bonchev–Trinajstić information content (AvgIpc) is 2.47. The van der Waals surface area contributed by atoms with E-state index in [2.05, 4.69) is 6.92 Å². The SMILES string of the molecule is CCCOC(=O)C(CC)(COCC)C1CCCCC1. The molecule has 3 heteroatoms. The number of hydrogen-bond donors (Lipinski definition) is 0. The van der Waals surface area contributed by atoms with Gasteiger partial charge in [-0.1, -0.05) is 33.1 Å². The first kappa shape index (κ1) is 16.5. The third-order valence-electron chi connectivity index (χ3n) is 4.43. The molecule has 1 aliphatic rings. The van der Waals surface area contributed by atoms with Gasteiger partial charge < -0.3 is 9.47 Å². The van der Waals surface area contributed by atoms with Crippen LogP contribution in [0.3, 0.4) is 0 Å². The molecule has 1 fully saturated rings. The minimum Gasteiger partial charge on any atom is -0.465 e. The van der Waals surface area contributed by atoms with Gasteiger partial charge in [-0.05, 0) is 38.5 Å². The van der Waals surface area contributed by atoms with Gasteiger partial charge in [-0.3, -0.25) is 4.79 Å². The quantitative estimate of drug-likeness (QED) is 0.626. The van der Waals surface area contributed by atoms with Crippen LogP contribution in [0.25, 0.3) is 0 Å². The monoisotopic (exact) mass is 270 g/mol. The lowest BCUT2D eigenvalue weighted by Crippen LogP contribution is -2.44. The summed E-state index contributed by atoms with van der Waals surface area (Å²) in [5.41, 5.74) is -0.411. The Morgan fingerprint density at radius 3 is 2.37 bits per heavy atom. The van der Waals surface area contributed by atoms with E-state index in [0.29, 0.717) is 25.7 Å². The smallest absolute Gasteiger partial charge is 0.314 e. The molecular formula is C16H30O3. The fourth-order valence-electron chi connectivity index (χ4n) is 3.16. The van der Waals surface area contributed by atoms with Crippen LogP contribution in [-0.2, 0) is 14.3 Å². The molecular weight excluding hydrogens is 240 g/mol. The topological polar surface area (TPSA) is 35.5 Å². The van der Waals surface area contributed by atoms with Crippen molar-refractivity contribution >= 4 is 5.97 Å². The Kier molecular flexibility index (Phi) is 7.44. The molecule has 112 valence electrons. The van der Waals surface area contributed by atoms with Gasteiger partial charge >= 0.3 is 5.97 Å². The lowest BCUT2D eigenvalue weighted by molar-refractivity contribution is -0.166. The molecule has 0 aliphatic heterocycles. The Morgan fingerprint density at radius 1 is 1.16 bits per heavy atom. The molecule has 1 aliphatic carbocycles. The second-order valence-corrected chi connectivity index (χ2v) is 5.62. The highest BCUT2D eigenvalue weighted by Crippen LogP contribution is 2.42. The van der Waals surface area contributed by atoms with E-state index in [9.17, 15) is 4.79 Å². The van der Waals surface area contributed by atoms with Crippen molar-refractivity contribution in [2.75, 3.05) is 19.8 Å². The van der Waals surface area contributed by atoms with E-state index in [4.69, 9.17) is 9.47 Å². The van der Waals surface area contributed by atoms with Crippen molar-refractivity contribution < 1.29 is 14.3 Å². The maximum absolute atomic E-state index is 12.6. The van der Waals surface area contributed by atoms with Crippen LogP contribution in [0.15, 0.2) is 0 Å². The molecule has 3 nitrogen and oxygen atoms in total. The van der Waals surface area contributed by atoms with Gasteiger partial charge in [0, 0.05) is 6.61 Å². The summed E-state index contributed by atoms with van der Waals surface area (Å²) in [7, 11) is 0. The third-order valence-corrected chi connectivity index (χ3v) is 4.43. The molecule has 19 heavy (non-hydrogen) atoms. The summed E-state index contributed by atoms with van der Waals surface area (Å²) < 4.78 is 11.1. The second kappa shape index (κ2) is 8.57. The summed E-state index contributed by atoms with van der Waals surface area (Å²) in [6.45, 7) is 7.83. The van der Waals surface area contributed by atoms with Crippen LogP contribution in [0.5, 0.6) is 0 Å². The van der Waals surface area contributed by atoms with Crippen LogP contribution < -0.4 is 0 Å². The van der Waals surface area contributed by atoms with Crippen LogP contribution in [-0.4, -0.2) is 25.8 Å². The number of carbonyl (C=O) groups excluding carboxylic acids is 1. The van der Waals surface area contributed by atoms with Crippen molar-refractivity contribution in [2.24, 2.45) is 11.3 Å². The lowest BCUT2D eigenvalue weighted by Gasteiger charge is -2.39. The largest absolute Gasteiger partial charge is 0.465 e. The Labute approximate surface area is 118 Å². The molecule has 1 unspecified atom stereocenters. The van der Waals surface area contributed by atoms with Gasteiger partial charge in [0.2, 0.25) is 0 Å². The molecule has 0 saturated heterocycles. The van der Waals surface area contributed by atoms with Gasteiger partial charge in [-0.15, -0.1) is 0 Å². The maximum atomic E-state index is 12.6. The molecule has 1 saturated carbocycles. The maximum Gasteiger partial charge on any atom is 0.314 e. The van der Waals surface area contributed by atoms with E-state index >= 15 is 0 Å². The van der Waals surface area contributed by atoms with Crippen LogP contribution in [0, 0.1) is 11.3 Å². The molecule has 0 aromatic carbocycles. The molecule has 0 N–H and O–H groups in total. The molecule has 0 heterocycles. The molecule has 0 aromatic heterocycles. The summed E-state index contributed by atoms with van der Waals surface area (Å²) in [5.74, 6) is 0.402. The fraction of sp³-hybridized carbons (Fsp3) is 0.938. The van der Waals surface area contributed by atoms with Crippen LogP contribution in [0.4, 0.5) is 0 Å². The molecule has 0 spiro atoms. The lowest BCUT2D eigenvalue weighted by atomic mass is 9.67. The summed E-state index contributed by atoms with van der Waals surface area (Å²) in [4.78, 5) is 12.6. The molecule has 0 amide bonds. The van der Waals surface area contributed by atoms with Gasteiger partial charge in [0.05, 0.1) is 18.6 Å². The molecule has 0 radical (unpaired) electrons. The van der Waals surface area contributed by atoms with Gasteiger partial charge in [0.1, 0.15) is 0 Å².